The molecule has 0 unspecified atom stereocenters. The van der Waals surface area contributed by atoms with Gasteiger partial charge < -0.3 is 15.0 Å². The summed E-state index contributed by atoms with van der Waals surface area (Å²) in [5.41, 5.74) is 1.74. The summed E-state index contributed by atoms with van der Waals surface area (Å²) >= 11 is 7.73. The number of carbonyl (C=O) groups is 1. The van der Waals surface area contributed by atoms with Crippen LogP contribution >= 0.6 is 23.4 Å². The van der Waals surface area contributed by atoms with E-state index < -0.39 is 0 Å². The number of halogens is 1. The number of ether oxygens (including phenoxy) is 1. The Morgan fingerprint density at radius 1 is 1.18 bits per heavy atom. The molecule has 0 radical (unpaired) electrons. The third-order valence-corrected chi connectivity index (χ3v) is 6.42. The van der Waals surface area contributed by atoms with E-state index in [1.54, 1.807) is 6.07 Å². The molecule has 2 heterocycles. The smallest absolute Gasteiger partial charge is 0.251 e. The van der Waals surface area contributed by atoms with E-state index in [9.17, 15) is 4.79 Å². The molecular weight excluding hydrogens is 470 g/mol. The van der Waals surface area contributed by atoms with Gasteiger partial charge in [-0.2, -0.15) is 0 Å². The van der Waals surface area contributed by atoms with Crippen molar-refractivity contribution in [1.29, 1.82) is 0 Å². The molecule has 3 rings (SSSR count). The number of carbonyl (C=O) groups excluding carboxylic acids is 1. The lowest BCUT2D eigenvalue weighted by molar-refractivity contribution is 0.0374. The molecule has 1 fully saturated rings. The van der Waals surface area contributed by atoms with E-state index >= 15 is 0 Å². The van der Waals surface area contributed by atoms with Crippen molar-refractivity contribution in [3.05, 3.63) is 71.9 Å². The van der Waals surface area contributed by atoms with Gasteiger partial charge in [0.25, 0.3) is 5.91 Å². The number of morpholine rings is 1. The first-order chi connectivity index (χ1) is 16.6. The van der Waals surface area contributed by atoms with Gasteiger partial charge in [0.2, 0.25) is 0 Å². The molecule has 34 heavy (non-hydrogen) atoms. The predicted octanol–water partition coefficient (Wildman–Crippen LogP) is 4.05. The van der Waals surface area contributed by atoms with Crippen LogP contribution < -0.4 is 10.2 Å². The number of amides is 1. The van der Waals surface area contributed by atoms with Crippen LogP contribution in [-0.4, -0.2) is 73.3 Å². The maximum absolute atomic E-state index is 12.4. The summed E-state index contributed by atoms with van der Waals surface area (Å²) < 4.78 is 5.36. The zero-order valence-corrected chi connectivity index (χ0v) is 21.0. The van der Waals surface area contributed by atoms with Gasteiger partial charge in [-0.15, -0.1) is 13.2 Å². The van der Waals surface area contributed by atoms with Crippen molar-refractivity contribution in [2.45, 2.75) is 17.3 Å². The number of benzene rings is 1. The summed E-state index contributed by atoms with van der Waals surface area (Å²) in [5, 5.41) is 4.00. The zero-order chi connectivity index (χ0) is 24.2. The average Bonchev–Trinajstić information content (AvgIpc) is 2.86. The SMILES string of the molecule is C=CCN(CC=C)c1cc(Cl)nc(SCc2ccc(C(=O)NCCCN3CCOCC3)cc2)n1. The molecule has 182 valence electrons. The Kier molecular flexibility index (Phi) is 10.9. The molecule has 9 heteroatoms. The van der Waals surface area contributed by atoms with Crippen molar-refractivity contribution < 1.29 is 9.53 Å². The minimum atomic E-state index is -0.0477. The van der Waals surface area contributed by atoms with Gasteiger partial charge in [-0.05, 0) is 30.7 Å². The highest BCUT2D eigenvalue weighted by atomic mass is 35.5. The normalized spacial score (nSPS) is 13.9. The van der Waals surface area contributed by atoms with E-state index in [2.05, 4.69) is 33.3 Å². The van der Waals surface area contributed by atoms with Crippen molar-refractivity contribution in [3.8, 4) is 0 Å². The van der Waals surface area contributed by atoms with Crippen LogP contribution in [-0.2, 0) is 10.5 Å². The molecule has 1 aliphatic rings. The van der Waals surface area contributed by atoms with E-state index in [1.807, 2.05) is 41.3 Å². The van der Waals surface area contributed by atoms with Crippen molar-refractivity contribution in [3.63, 3.8) is 0 Å². The summed E-state index contributed by atoms with van der Waals surface area (Å²) in [6, 6.07) is 9.37. The van der Waals surface area contributed by atoms with Gasteiger partial charge in [0.1, 0.15) is 11.0 Å². The van der Waals surface area contributed by atoms with Crippen molar-refractivity contribution >= 4 is 35.1 Å². The summed E-state index contributed by atoms with van der Waals surface area (Å²) in [4.78, 5) is 25.8. The van der Waals surface area contributed by atoms with Gasteiger partial charge in [-0.1, -0.05) is 47.6 Å². The number of hydrogen-bond donors (Lipinski definition) is 1. The highest BCUT2D eigenvalue weighted by Crippen LogP contribution is 2.25. The Bertz CT molecular complexity index is 941. The van der Waals surface area contributed by atoms with Gasteiger partial charge in [-0.3, -0.25) is 9.69 Å². The van der Waals surface area contributed by atoms with Crippen LogP contribution in [0.25, 0.3) is 0 Å². The van der Waals surface area contributed by atoms with Crippen molar-refractivity contribution in [1.82, 2.24) is 20.2 Å². The summed E-state index contributed by atoms with van der Waals surface area (Å²) in [5.74, 6) is 1.36. The third-order valence-electron chi connectivity index (χ3n) is 5.31. The average molecular weight is 502 g/mol. The molecule has 0 spiro atoms. The molecule has 1 aromatic heterocycles. The second-order valence-electron chi connectivity index (χ2n) is 7.86. The molecule has 1 aromatic carbocycles. The molecule has 0 atom stereocenters. The maximum Gasteiger partial charge on any atom is 0.251 e. The Hall–Kier alpha value is -2.39. The van der Waals surface area contributed by atoms with Gasteiger partial charge in [0.15, 0.2) is 5.16 Å². The Balaban J connectivity index is 1.48. The van der Waals surface area contributed by atoms with E-state index in [1.165, 1.54) is 11.8 Å². The van der Waals surface area contributed by atoms with E-state index in [-0.39, 0.29) is 5.91 Å². The summed E-state index contributed by atoms with van der Waals surface area (Å²) in [6.45, 7) is 14.0. The number of aromatic nitrogens is 2. The molecule has 1 aliphatic heterocycles. The standard InChI is InChI=1S/C25H32ClN5O2S/c1-3-11-31(12-4-2)23-18-22(26)28-25(29-23)34-19-20-6-8-21(9-7-20)24(32)27-10-5-13-30-14-16-33-17-15-30/h3-4,6-9,18H,1-2,5,10-17,19H2,(H,27,32). The number of nitrogens with zero attached hydrogens (tertiary/aromatic N) is 4. The fourth-order valence-corrected chi connectivity index (χ4v) is 4.55. The highest BCUT2D eigenvalue weighted by molar-refractivity contribution is 7.98. The first-order valence-electron chi connectivity index (χ1n) is 11.4. The molecule has 0 aliphatic carbocycles. The molecular formula is C25H32ClN5O2S. The lowest BCUT2D eigenvalue weighted by Gasteiger charge is -2.26. The van der Waals surface area contributed by atoms with Crippen molar-refractivity contribution in [2.24, 2.45) is 0 Å². The van der Waals surface area contributed by atoms with Crippen LogP contribution in [0, 0.1) is 0 Å². The Morgan fingerprint density at radius 2 is 1.88 bits per heavy atom. The van der Waals surface area contributed by atoms with E-state index in [4.69, 9.17) is 16.3 Å². The fourth-order valence-electron chi connectivity index (χ4n) is 3.52. The minimum absolute atomic E-state index is 0.0477. The lowest BCUT2D eigenvalue weighted by atomic mass is 10.1. The molecule has 1 N–H and O–H groups in total. The maximum atomic E-state index is 12.4. The minimum Gasteiger partial charge on any atom is -0.379 e. The second kappa shape index (κ2) is 14.1. The lowest BCUT2D eigenvalue weighted by Crippen LogP contribution is -2.38. The number of rotatable bonds is 13. The summed E-state index contributed by atoms with van der Waals surface area (Å²) in [6.07, 6.45) is 4.56. The van der Waals surface area contributed by atoms with Gasteiger partial charge >= 0.3 is 0 Å². The highest BCUT2D eigenvalue weighted by Gasteiger charge is 2.12. The zero-order valence-electron chi connectivity index (χ0n) is 19.4. The van der Waals surface area contributed by atoms with Crippen LogP contribution in [0.15, 0.2) is 60.8 Å². The van der Waals surface area contributed by atoms with E-state index in [0.29, 0.717) is 41.3 Å². The summed E-state index contributed by atoms with van der Waals surface area (Å²) in [7, 11) is 0. The van der Waals surface area contributed by atoms with Crippen LogP contribution in [0.5, 0.6) is 0 Å². The number of hydrogen-bond acceptors (Lipinski definition) is 7. The number of nitrogens with one attached hydrogen (secondary N) is 1. The fraction of sp³-hybridized carbons (Fsp3) is 0.400. The molecule has 1 saturated heterocycles. The van der Waals surface area contributed by atoms with Crippen LogP contribution in [0.3, 0.4) is 0 Å². The van der Waals surface area contributed by atoms with Gasteiger partial charge in [-0.25, -0.2) is 9.97 Å². The number of thioether (sulfide) groups is 1. The molecule has 0 bridgehead atoms. The molecule has 2 aromatic rings. The molecule has 1 amide bonds. The first kappa shape index (κ1) is 26.2. The van der Waals surface area contributed by atoms with Crippen molar-refractivity contribution in [2.75, 3.05) is 57.4 Å². The number of anilines is 1. The Labute approximate surface area is 211 Å². The first-order valence-corrected chi connectivity index (χ1v) is 12.8. The third kappa shape index (κ3) is 8.43. The van der Waals surface area contributed by atoms with Crippen LogP contribution in [0.4, 0.5) is 5.82 Å². The quantitative estimate of drug-likeness (QED) is 0.146. The second-order valence-corrected chi connectivity index (χ2v) is 9.19. The van der Waals surface area contributed by atoms with E-state index in [0.717, 1.165) is 50.7 Å². The topological polar surface area (TPSA) is 70.6 Å². The van der Waals surface area contributed by atoms with Gasteiger partial charge in [0, 0.05) is 50.1 Å². The van der Waals surface area contributed by atoms with Gasteiger partial charge in [0.05, 0.1) is 13.2 Å². The van der Waals surface area contributed by atoms with Crippen LogP contribution in [0.1, 0.15) is 22.3 Å². The predicted molar refractivity (Wildman–Crippen MR) is 140 cm³/mol. The molecule has 7 nitrogen and oxygen atoms in total. The monoisotopic (exact) mass is 501 g/mol. The molecule has 0 saturated carbocycles. The Morgan fingerprint density at radius 3 is 2.56 bits per heavy atom. The van der Waals surface area contributed by atoms with Crippen LogP contribution in [0.2, 0.25) is 5.15 Å². The largest absolute Gasteiger partial charge is 0.379 e.